The van der Waals surface area contributed by atoms with Gasteiger partial charge in [-0.1, -0.05) is 123 Å². The van der Waals surface area contributed by atoms with E-state index >= 15 is 0 Å². The zero-order valence-electron chi connectivity index (χ0n) is 23.3. The maximum atomic E-state index is 5.42. The summed E-state index contributed by atoms with van der Waals surface area (Å²) in [7, 11) is 0. The maximum Gasteiger partial charge on any atom is 0.138 e. The second kappa shape index (κ2) is 9.04. The molecule has 5 aromatic carbocycles. The highest BCUT2D eigenvalue weighted by molar-refractivity contribution is 6.14. The molecule has 0 bridgehead atoms. The Morgan fingerprint density at radius 3 is 2.10 bits per heavy atom. The Hall–Kier alpha value is -4.95. The highest BCUT2D eigenvalue weighted by atomic mass is 15.1. The number of allylic oxidation sites excluding steroid dienone is 3. The lowest BCUT2D eigenvalue weighted by molar-refractivity contribution is 0.661. The van der Waals surface area contributed by atoms with Gasteiger partial charge in [0.25, 0.3) is 0 Å². The average molecular weight is 527 g/mol. The van der Waals surface area contributed by atoms with E-state index < -0.39 is 0 Å². The largest absolute Gasteiger partial charge is 0.294 e. The minimum atomic E-state index is -0.0766. The average Bonchev–Trinajstić information content (AvgIpc) is 3.33. The lowest BCUT2D eigenvalue weighted by Crippen LogP contribution is -2.15. The van der Waals surface area contributed by atoms with Crippen molar-refractivity contribution in [1.82, 2.24) is 4.57 Å². The number of aromatic nitrogens is 1. The van der Waals surface area contributed by atoms with Crippen molar-refractivity contribution in [2.24, 2.45) is 4.99 Å². The molecular weight excluding hydrogens is 496 g/mol. The van der Waals surface area contributed by atoms with E-state index in [9.17, 15) is 0 Å². The Kier molecular flexibility index (Phi) is 5.27. The van der Waals surface area contributed by atoms with Crippen LogP contribution in [0.2, 0.25) is 0 Å². The lowest BCUT2D eigenvalue weighted by Gasteiger charge is -2.21. The Bertz CT molecular complexity index is 2070. The first kappa shape index (κ1) is 23.9. The van der Waals surface area contributed by atoms with Crippen LogP contribution in [0.25, 0.3) is 44.3 Å². The third-order valence-electron chi connectivity index (χ3n) is 8.87. The molecule has 2 nitrogen and oxygen atoms in total. The van der Waals surface area contributed by atoms with Crippen molar-refractivity contribution in [3.8, 4) is 11.1 Å². The highest BCUT2D eigenvalue weighted by Crippen LogP contribution is 2.51. The second-order valence-electron chi connectivity index (χ2n) is 11.6. The zero-order chi connectivity index (χ0) is 27.6. The number of nitrogens with zero attached hydrogens (tertiary/aromatic N) is 2. The third-order valence-corrected chi connectivity index (χ3v) is 8.87. The number of benzene rings is 5. The van der Waals surface area contributed by atoms with Crippen LogP contribution in [0.15, 0.2) is 138 Å². The minimum absolute atomic E-state index is 0.0766. The Balaban J connectivity index is 1.44. The molecule has 0 atom stereocenters. The molecule has 1 aliphatic heterocycles. The van der Waals surface area contributed by atoms with Crippen LogP contribution >= 0.6 is 0 Å². The van der Waals surface area contributed by atoms with Crippen molar-refractivity contribution >= 4 is 38.9 Å². The molecular formula is C39H30N2. The smallest absolute Gasteiger partial charge is 0.138 e. The fraction of sp³-hybridized carbons (Fsp3) is 0.103. The number of para-hydroxylation sites is 1. The summed E-state index contributed by atoms with van der Waals surface area (Å²) < 4.78 is 2.38. The molecule has 0 fully saturated rings. The summed E-state index contributed by atoms with van der Waals surface area (Å²) in [5.74, 6) is 0.941. The van der Waals surface area contributed by atoms with Crippen LogP contribution in [-0.2, 0) is 5.41 Å². The van der Waals surface area contributed by atoms with Crippen LogP contribution in [0.3, 0.4) is 0 Å². The van der Waals surface area contributed by atoms with Gasteiger partial charge in [-0.05, 0) is 63.2 Å². The lowest BCUT2D eigenvalue weighted by atomic mass is 9.82. The van der Waals surface area contributed by atoms with Gasteiger partial charge in [0.05, 0.1) is 16.7 Å². The Labute approximate surface area is 240 Å². The molecule has 8 rings (SSSR count). The monoisotopic (exact) mass is 526 g/mol. The van der Waals surface area contributed by atoms with E-state index in [-0.39, 0.29) is 5.41 Å². The number of aliphatic imine (C=N–C) groups is 1. The van der Waals surface area contributed by atoms with Gasteiger partial charge in [-0.25, -0.2) is 4.99 Å². The van der Waals surface area contributed by atoms with Crippen molar-refractivity contribution in [3.63, 3.8) is 0 Å². The van der Waals surface area contributed by atoms with Crippen LogP contribution in [0.1, 0.15) is 42.5 Å². The molecule has 0 spiro atoms. The number of hydrogen-bond donors (Lipinski definition) is 0. The van der Waals surface area contributed by atoms with E-state index in [0.717, 1.165) is 23.5 Å². The molecule has 0 amide bonds. The SMILES string of the molecule is CC1(C)c2ccccc2-c2cc3c4ccccc4n(C4=CC(c5ccccc5)=CCC(c5ccccc5)=N4)c3cc21. The summed E-state index contributed by atoms with van der Waals surface area (Å²) in [5.41, 5.74) is 12.4. The van der Waals surface area contributed by atoms with E-state index in [4.69, 9.17) is 4.99 Å². The summed E-state index contributed by atoms with van der Waals surface area (Å²) in [6, 6.07) is 43.7. The van der Waals surface area contributed by atoms with Crippen LogP contribution in [0.4, 0.5) is 0 Å². The Morgan fingerprint density at radius 1 is 0.610 bits per heavy atom. The summed E-state index contributed by atoms with van der Waals surface area (Å²) in [6.07, 6.45) is 5.35. The van der Waals surface area contributed by atoms with Gasteiger partial charge in [0.2, 0.25) is 0 Å². The van der Waals surface area contributed by atoms with Gasteiger partial charge in [-0.3, -0.25) is 4.57 Å². The maximum absolute atomic E-state index is 5.42. The first-order chi connectivity index (χ1) is 20.1. The quantitative estimate of drug-likeness (QED) is 0.218. The van der Waals surface area contributed by atoms with Crippen molar-refractivity contribution in [1.29, 1.82) is 0 Å². The van der Waals surface area contributed by atoms with E-state index in [1.54, 1.807) is 0 Å². The van der Waals surface area contributed by atoms with Gasteiger partial charge in [-0.2, -0.15) is 0 Å². The van der Waals surface area contributed by atoms with E-state index in [0.29, 0.717) is 0 Å². The van der Waals surface area contributed by atoms with Gasteiger partial charge in [-0.15, -0.1) is 0 Å². The van der Waals surface area contributed by atoms with Crippen LogP contribution < -0.4 is 0 Å². The molecule has 6 aromatic rings. The van der Waals surface area contributed by atoms with Crippen molar-refractivity contribution in [2.45, 2.75) is 25.7 Å². The number of hydrogen-bond acceptors (Lipinski definition) is 1. The second-order valence-corrected chi connectivity index (χ2v) is 11.6. The molecule has 1 aromatic heterocycles. The summed E-state index contributed by atoms with van der Waals surface area (Å²) in [4.78, 5) is 5.42. The summed E-state index contributed by atoms with van der Waals surface area (Å²) in [5, 5.41) is 2.51. The summed E-state index contributed by atoms with van der Waals surface area (Å²) in [6.45, 7) is 4.70. The normalized spacial score (nSPS) is 15.6. The number of rotatable bonds is 3. The molecule has 0 N–H and O–H groups in total. The van der Waals surface area contributed by atoms with Crippen LogP contribution in [0.5, 0.6) is 0 Å². The molecule has 0 radical (unpaired) electrons. The predicted molar refractivity (Wildman–Crippen MR) is 173 cm³/mol. The molecule has 0 saturated heterocycles. The van der Waals surface area contributed by atoms with E-state index in [1.807, 2.05) is 0 Å². The summed E-state index contributed by atoms with van der Waals surface area (Å²) >= 11 is 0. The van der Waals surface area contributed by atoms with Gasteiger partial charge in [0.15, 0.2) is 0 Å². The van der Waals surface area contributed by atoms with Crippen LogP contribution in [-0.4, -0.2) is 10.3 Å². The topological polar surface area (TPSA) is 17.3 Å². The van der Waals surface area contributed by atoms with Gasteiger partial charge in [0.1, 0.15) is 5.82 Å². The van der Waals surface area contributed by atoms with Gasteiger partial charge < -0.3 is 0 Å². The fourth-order valence-electron chi connectivity index (χ4n) is 6.79. The predicted octanol–water partition coefficient (Wildman–Crippen LogP) is 9.88. The first-order valence-corrected chi connectivity index (χ1v) is 14.4. The molecule has 41 heavy (non-hydrogen) atoms. The zero-order valence-corrected chi connectivity index (χ0v) is 23.3. The fourth-order valence-corrected chi connectivity index (χ4v) is 6.79. The standard InChI is InChI=1S/C39H30N2/c1-39(2)33-19-11-9-17-29(33)31-24-32-30-18-10-12-20-36(30)41(37(32)25-34(31)39)38-23-28(26-13-5-3-6-14-26)21-22-35(40-38)27-15-7-4-8-16-27/h3-21,23-25H,22H2,1-2H3. The molecule has 0 saturated carbocycles. The molecule has 2 aliphatic rings. The van der Waals surface area contributed by atoms with Gasteiger partial charge >= 0.3 is 0 Å². The molecule has 196 valence electrons. The molecule has 2 heteroatoms. The van der Waals surface area contributed by atoms with Crippen molar-refractivity contribution < 1.29 is 0 Å². The molecule has 2 heterocycles. The third kappa shape index (κ3) is 3.68. The highest BCUT2D eigenvalue weighted by Gasteiger charge is 2.36. The van der Waals surface area contributed by atoms with E-state index in [1.165, 1.54) is 55.2 Å². The molecule has 0 unspecified atom stereocenters. The first-order valence-electron chi connectivity index (χ1n) is 14.4. The van der Waals surface area contributed by atoms with E-state index in [2.05, 4.69) is 152 Å². The number of fused-ring (bicyclic) bond motifs is 6. The van der Waals surface area contributed by atoms with Crippen LogP contribution in [0, 0.1) is 0 Å². The Morgan fingerprint density at radius 2 is 1.29 bits per heavy atom. The van der Waals surface area contributed by atoms with Gasteiger partial charge in [0, 0.05) is 22.6 Å². The van der Waals surface area contributed by atoms with Crippen molar-refractivity contribution in [3.05, 3.63) is 156 Å². The minimum Gasteiger partial charge on any atom is -0.294 e. The molecule has 1 aliphatic carbocycles. The van der Waals surface area contributed by atoms with Crippen molar-refractivity contribution in [2.75, 3.05) is 0 Å².